The van der Waals surface area contributed by atoms with Crippen molar-refractivity contribution in [3.8, 4) is 0 Å². The smallest absolute Gasteiger partial charge is 0.243 e. The number of benzene rings is 1. The second kappa shape index (κ2) is 10.3. The van der Waals surface area contributed by atoms with E-state index in [0.717, 1.165) is 4.88 Å². The highest BCUT2D eigenvalue weighted by Gasteiger charge is 2.27. The topological polar surface area (TPSA) is 100 Å². The molecule has 9 heteroatoms. The Morgan fingerprint density at radius 1 is 1.24 bits per heavy atom. The number of nitrogen functional groups attached to an aromatic ring is 1. The summed E-state index contributed by atoms with van der Waals surface area (Å²) < 4.78 is 14.1. The summed E-state index contributed by atoms with van der Waals surface area (Å²) >= 11 is 1.27. The van der Waals surface area contributed by atoms with Crippen LogP contribution in [-0.4, -0.2) is 46.9 Å². The molecule has 1 aromatic heterocycles. The standard InChI is InChI=1S/C20H28FN5O2S/c1-12(2)26(4)13(3)18(27)25-17(9-14-7-5-6-8-16(14)21)19(28)23-10-15-11-24-20(22)29-15/h5-8,11-13,17H,9-10H2,1-4H3,(H2,22,24)(H,23,28)(H,25,27)/t13-,17-/m0/s1. The monoisotopic (exact) mass is 421 g/mol. The number of nitrogens with two attached hydrogens (primary N) is 1. The van der Waals surface area contributed by atoms with Crippen molar-refractivity contribution in [1.82, 2.24) is 20.5 Å². The normalized spacial score (nSPS) is 13.3. The number of nitrogens with one attached hydrogen (secondary N) is 2. The predicted molar refractivity (Wildman–Crippen MR) is 113 cm³/mol. The molecule has 0 aliphatic carbocycles. The first-order valence-corrected chi connectivity index (χ1v) is 10.2. The zero-order chi connectivity index (χ0) is 21.6. The molecule has 0 saturated heterocycles. The summed E-state index contributed by atoms with van der Waals surface area (Å²) in [5.41, 5.74) is 5.97. The molecule has 0 fully saturated rings. The first-order chi connectivity index (χ1) is 13.7. The lowest BCUT2D eigenvalue weighted by Crippen LogP contribution is -2.53. The molecule has 0 unspecified atom stereocenters. The summed E-state index contributed by atoms with van der Waals surface area (Å²) in [6, 6.07) is 5.04. The number of carbonyl (C=O) groups excluding carboxylic acids is 2. The van der Waals surface area contributed by atoms with Crippen LogP contribution in [-0.2, 0) is 22.6 Å². The molecule has 1 aromatic carbocycles. The zero-order valence-corrected chi connectivity index (χ0v) is 17.9. The van der Waals surface area contributed by atoms with E-state index in [0.29, 0.717) is 10.7 Å². The number of carbonyl (C=O) groups is 2. The van der Waals surface area contributed by atoms with Gasteiger partial charge in [0.05, 0.1) is 12.6 Å². The van der Waals surface area contributed by atoms with Crippen LogP contribution < -0.4 is 16.4 Å². The number of aromatic nitrogens is 1. The fraction of sp³-hybridized carbons (Fsp3) is 0.450. The molecule has 0 bridgehead atoms. The second-order valence-electron chi connectivity index (χ2n) is 7.17. The number of halogens is 1. The average Bonchev–Trinajstić information content (AvgIpc) is 3.11. The van der Waals surface area contributed by atoms with E-state index in [4.69, 9.17) is 5.73 Å². The summed E-state index contributed by atoms with van der Waals surface area (Å²) in [7, 11) is 1.84. The summed E-state index contributed by atoms with van der Waals surface area (Å²) in [6.07, 6.45) is 1.64. The maximum Gasteiger partial charge on any atom is 0.243 e. The summed E-state index contributed by atoms with van der Waals surface area (Å²) in [6.45, 7) is 5.97. The minimum absolute atomic E-state index is 0.0488. The summed E-state index contributed by atoms with van der Waals surface area (Å²) in [5.74, 6) is -1.10. The molecule has 2 atom stereocenters. The molecular formula is C20H28FN5O2S. The van der Waals surface area contributed by atoms with E-state index in [1.54, 1.807) is 31.3 Å². The van der Waals surface area contributed by atoms with Gasteiger partial charge in [-0.3, -0.25) is 14.5 Å². The van der Waals surface area contributed by atoms with E-state index in [1.165, 1.54) is 17.4 Å². The van der Waals surface area contributed by atoms with Crippen molar-refractivity contribution in [2.45, 2.75) is 51.9 Å². The van der Waals surface area contributed by atoms with E-state index in [2.05, 4.69) is 15.6 Å². The van der Waals surface area contributed by atoms with Crippen LogP contribution in [0.25, 0.3) is 0 Å². The van der Waals surface area contributed by atoms with Crippen LogP contribution in [0, 0.1) is 5.82 Å². The lowest BCUT2D eigenvalue weighted by Gasteiger charge is -2.29. The molecule has 2 rings (SSSR count). The zero-order valence-electron chi connectivity index (χ0n) is 17.1. The second-order valence-corrected chi connectivity index (χ2v) is 8.32. The lowest BCUT2D eigenvalue weighted by molar-refractivity contribution is -0.131. The Morgan fingerprint density at radius 3 is 2.52 bits per heavy atom. The molecule has 29 heavy (non-hydrogen) atoms. The van der Waals surface area contributed by atoms with Gasteiger partial charge in [-0.1, -0.05) is 18.2 Å². The molecule has 2 amide bonds. The van der Waals surface area contributed by atoms with Crippen LogP contribution in [0.5, 0.6) is 0 Å². The number of likely N-dealkylation sites (N-methyl/N-ethyl adjacent to an activating group) is 1. The minimum Gasteiger partial charge on any atom is -0.375 e. The third-order valence-electron chi connectivity index (χ3n) is 4.83. The Bertz CT molecular complexity index is 842. The van der Waals surface area contributed by atoms with E-state index in [-0.39, 0.29) is 24.9 Å². The van der Waals surface area contributed by atoms with Crippen LogP contribution in [0.3, 0.4) is 0 Å². The van der Waals surface area contributed by atoms with Crippen LogP contribution in [0.15, 0.2) is 30.5 Å². The van der Waals surface area contributed by atoms with Gasteiger partial charge in [0.1, 0.15) is 11.9 Å². The van der Waals surface area contributed by atoms with Gasteiger partial charge in [-0.25, -0.2) is 9.37 Å². The first kappa shape index (κ1) is 22.8. The molecule has 0 radical (unpaired) electrons. The third-order valence-corrected chi connectivity index (χ3v) is 5.65. The van der Waals surface area contributed by atoms with E-state index in [1.807, 2.05) is 25.8 Å². The number of rotatable bonds is 9. The van der Waals surface area contributed by atoms with Crippen molar-refractivity contribution in [1.29, 1.82) is 0 Å². The van der Waals surface area contributed by atoms with E-state index >= 15 is 0 Å². The molecule has 4 N–H and O–H groups in total. The van der Waals surface area contributed by atoms with Crippen LogP contribution in [0.2, 0.25) is 0 Å². The summed E-state index contributed by atoms with van der Waals surface area (Å²) in [5, 5.41) is 5.96. The highest BCUT2D eigenvalue weighted by molar-refractivity contribution is 7.15. The highest BCUT2D eigenvalue weighted by atomic mass is 32.1. The third kappa shape index (κ3) is 6.50. The Balaban J connectivity index is 2.12. The largest absolute Gasteiger partial charge is 0.375 e. The SMILES string of the molecule is CC(C)N(C)[C@@H](C)C(=O)N[C@@H](Cc1ccccc1F)C(=O)NCc1cnc(N)s1. The van der Waals surface area contributed by atoms with Gasteiger partial charge >= 0.3 is 0 Å². The number of nitrogens with zero attached hydrogens (tertiary/aromatic N) is 2. The summed E-state index contributed by atoms with van der Waals surface area (Å²) in [4.78, 5) is 32.1. The Morgan fingerprint density at radius 2 is 1.93 bits per heavy atom. The fourth-order valence-corrected chi connectivity index (χ4v) is 3.34. The lowest BCUT2D eigenvalue weighted by atomic mass is 10.0. The first-order valence-electron chi connectivity index (χ1n) is 9.42. The van der Waals surface area contributed by atoms with Crippen molar-refractivity contribution in [2.24, 2.45) is 0 Å². The quantitative estimate of drug-likeness (QED) is 0.575. The molecule has 0 spiro atoms. The minimum atomic E-state index is -0.910. The predicted octanol–water partition coefficient (Wildman–Crippen LogP) is 1.94. The van der Waals surface area contributed by atoms with Crippen LogP contribution in [0.1, 0.15) is 31.2 Å². The van der Waals surface area contributed by atoms with Crippen molar-refractivity contribution in [2.75, 3.05) is 12.8 Å². The average molecular weight is 422 g/mol. The van der Waals surface area contributed by atoms with Gasteiger partial charge in [0.25, 0.3) is 0 Å². The fourth-order valence-electron chi connectivity index (χ4n) is 2.72. The molecule has 1 heterocycles. The van der Waals surface area contributed by atoms with Gasteiger partial charge in [0, 0.05) is 23.5 Å². The van der Waals surface area contributed by atoms with Gasteiger partial charge in [-0.15, -0.1) is 11.3 Å². The van der Waals surface area contributed by atoms with Crippen LogP contribution >= 0.6 is 11.3 Å². The van der Waals surface area contributed by atoms with E-state index < -0.39 is 23.8 Å². The molecule has 0 aliphatic rings. The number of anilines is 1. The molecule has 2 aromatic rings. The molecule has 0 saturated carbocycles. The molecule has 7 nitrogen and oxygen atoms in total. The number of thiazole rings is 1. The van der Waals surface area contributed by atoms with Crippen molar-refractivity contribution < 1.29 is 14.0 Å². The van der Waals surface area contributed by atoms with Crippen molar-refractivity contribution in [3.63, 3.8) is 0 Å². The van der Waals surface area contributed by atoms with Gasteiger partial charge in [-0.2, -0.15) is 0 Å². The Labute approximate surface area is 174 Å². The Hall–Kier alpha value is -2.52. The number of amides is 2. The van der Waals surface area contributed by atoms with Gasteiger partial charge in [-0.05, 0) is 39.4 Å². The maximum absolute atomic E-state index is 14.1. The molecule has 158 valence electrons. The molecule has 0 aliphatic heterocycles. The van der Waals surface area contributed by atoms with Crippen molar-refractivity contribution >= 4 is 28.3 Å². The van der Waals surface area contributed by atoms with Crippen LogP contribution in [0.4, 0.5) is 9.52 Å². The number of hydrogen-bond donors (Lipinski definition) is 3. The van der Waals surface area contributed by atoms with E-state index in [9.17, 15) is 14.0 Å². The van der Waals surface area contributed by atoms with Gasteiger partial charge < -0.3 is 16.4 Å². The number of hydrogen-bond acceptors (Lipinski definition) is 6. The van der Waals surface area contributed by atoms with Crippen molar-refractivity contribution in [3.05, 3.63) is 46.7 Å². The maximum atomic E-state index is 14.1. The van der Waals surface area contributed by atoms with Gasteiger partial charge in [0.15, 0.2) is 5.13 Å². The molecular weight excluding hydrogens is 393 g/mol. The highest BCUT2D eigenvalue weighted by Crippen LogP contribution is 2.14. The Kier molecular flexibility index (Phi) is 8.10. The van der Waals surface area contributed by atoms with Gasteiger partial charge in [0.2, 0.25) is 11.8 Å².